The molecule has 0 radical (unpaired) electrons. The smallest absolute Gasteiger partial charge is 0.146 e. The molecule has 1 unspecified atom stereocenters. The van der Waals surface area contributed by atoms with E-state index in [1.807, 2.05) is 12.1 Å². The van der Waals surface area contributed by atoms with Gasteiger partial charge < -0.3 is 10.1 Å². The fourth-order valence-corrected chi connectivity index (χ4v) is 2.63. The SMILES string of the molecule is Fc1ccc(Cl)cc1NCC1Cc2cc(Cl)ccc2O1. The summed E-state index contributed by atoms with van der Waals surface area (Å²) in [6.07, 6.45) is 0.715. The van der Waals surface area contributed by atoms with Gasteiger partial charge in [0.05, 0.1) is 12.2 Å². The monoisotopic (exact) mass is 311 g/mol. The normalized spacial score (nSPS) is 16.6. The second kappa shape index (κ2) is 5.51. The Morgan fingerprint density at radius 2 is 1.90 bits per heavy atom. The summed E-state index contributed by atoms with van der Waals surface area (Å²) >= 11 is 11.8. The van der Waals surface area contributed by atoms with Crippen molar-refractivity contribution in [1.29, 1.82) is 0 Å². The largest absolute Gasteiger partial charge is 0.488 e. The predicted octanol–water partition coefficient (Wildman–Crippen LogP) is 4.55. The lowest BCUT2D eigenvalue weighted by atomic mass is 10.1. The van der Waals surface area contributed by atoms with E-state index in [0.717, 1.165) is 17.7 Å². The van der Waals surface area contributed by atoms with E-state index >= 15 is 0 Å². The Bertz CT molecular complexity index is 648. The predicted molar refractivity (Wildman–Crippen MR) is 79.5 cm³/mol. The average molecular weight is 312 g/mol. The first kappa shape index (κ1) is 13.5. The number of hydrogen-bond acceptors (Lipinski definition) is 2. The summed E-state index contributed by atoms with van der Waals surface area (Å²) in [5, 5.41) is 4.22. The van der Waals surface area contributed by atoms with Gasteiger partial charge >= 0.3 is 0 Å². The molecule has 20 heavy (non-hydrogen) atoms. The van der Waals surface area contributed by atoms with Crippen molar-refractivity contribution in [3.05, 3.63) is 57.8 Å². The van der Waals surface area contributed by atoms with Crippen molar-refractivity contribution in [2.75, 3.05) is 11.9 Å². The van der Waals surface area contributed by atoms with Crippen LogP contribution in [0.25, 0.3) is 0 Å². The van der Waals surface area contributed by atoms with Crippen LogP contribution in [0, 0.1) is 5.82 Å². The first-order valence-electron chi connectivity index (χ1n) is 6.26. The molecular weight excluding hydrogens is 300 g/mol. The highest BCUT2D eigenvalue weighted by atomic mass is 35.5. The quantitative estimate of drug-likeness (QED) is 0.898. The Labute approximate surface area is 126 Å². The Morgan fingerprint density at radius 1 is 1.15 bits per heavy atom. The number of halogens is 3. The zero-order valence-corrected chi connectivity index (χ0v) is 12.0. The zero-order chi connectivity index (χ0) is 14.1. The molecule has 1 heterocycles. The van der Waals surface area contributed by atoms with Crippen molar-refractivity contribution in [3.63, 3.8) is 0 Å². The van der Waals surface area contributed by atoms with Gasteiger partial charge in [0.25, 0.3) is 0 Å². The second-order valence-corrected chi connectivity index (χ2v) is 5.57. The molecule has 2 aromatic carbocycles. The number of hydrogen-bond donors (Lipinski definition) is 1. The third-order valence-electron chi connectivity index (χ3n) is 3.21. The fourth-order valence-electron chi connectivity index (χ4n) is 2.26. The molecule has 0 bridgehead atoms. The Hall–Kier alpha value is -1.45. The lowest BCUT2D eigenvalue weighted by Crippen LogP contribution is -2.24. The van der Waals surface area contributed by atoms with E-state index in [2.05, 4.69) is 5.32 Å². The summed E-state index contributed by atoms with van der Waals surface area (Å²) in [6, 6.07) is 9.98. The minimum Gasteiger partial charge on any atom is -0.488 e. The van der Waals surface area contributed by atoms with E-state index in [0.29, 0.717) is 22.3 Å². The van der Waals surface area contributed by atoms with Crippen LogP contribution in [-0.2, 0) is 6.42 Å². The summed E-state index contributed by atoms with van der Waals surface area (Å²) in [6.45, 7) is 0.504. The molecule has 0 saturated carbocycles. The van der Waals surface area contributed by atoms with Crippen LogP contribution < -0.4 is 10.1 Å². The molecule has 0 aromatic heterocycles. The maximum absolute atomic E-state index is 13.6. The standard InChI is InChI=1S/C15H12Cl2FNO/c16-10-2-4-15-9(5-10)6-12(20-15)8-19-14-7-11(17)1-3-13(14)18/h1-5,7,12,19H,6,8H2. The molecule has 1 aliphatic heterocycles. The first-order valence-corrected chi connectivity index (χ1v) is 7.01. The minimum atomic E-state index is -0.326. The molecule has 2 nitrogen and oxygen atoms in total. The van der Waals surface area contributed by atoms with Crippen molar-refractivity contribution in [3.8, 4) is 5.75 Å². The van der Waals surface area contributed by atoms with Gasteiger partial charge in [-0.2, -0.15) is 0 Å². The van der Waals surface area contributed by atoms with Crippen molar-refractivity contribution in [2.24, 2.45) is 0 Å². The van der Waals surface area contributed by atoms with Gasteiger partial charge in [-0.05, 0) is 42.0 Å². The Balaban J connectivity index is 1.65. The van der Waals surface area contributed by atoms with E-state index in [9.17, 15) is 4.39 Å². The lowest BCUT2D eigenvalue weighted by Gasteiger charge is -2.13. The second-order valence-electron chi connectivity index (χ2n) is 4.70. The minimum absolute atomic E-state index is 0.0400. The molecule has 2 aromatic rings. The highest BCUT2D eigenvalue weighted by molar-refractivity contribution is 6.31. The van der Waals surface area contributed by atoms with Gasteiger partial charge in [-0.25, -0.2) is 4.39 Å². The number of ether oxygens (including phenoxy) is 1. The third-order valence-corrected chi connectivity index (χ3v) is 3.68. The van der Waals surface area contributed by atoms with Crippen LogP contribution in [0.15, 0.2) is 36.4 Å². The van der Waals surface area contributed by atoms with Crippen molar-refractivity contribution in [1.82, 2.24) is 0 Å². The van der Waals surface area contributed by atoms with Gasteiger partial charge in [0, 0.05) is 16.5 Å². The van der Waals surface area contributed by atoms with Crippen LogP contribution in [0.4, 0.5) is 10.1 Å². The summed E-state index contributed by atoms with van der Waals surface area (Å²) in [4.78, 5) is 0. The van der Waals surface area contributed by atoms with Crippen LogP contribution in [0.3, 0.4) is 0 Å². The molecule has 104 valence electrons. The van der Waals surface area contributed by atoms with E-state index < -0.39 is 0 Å². The molecule has 1 N–H and O–H groups in total. The highest BCUT2D eigenvalue weighted by Crippen LogP contribution is 2.31. The maximum atomic E-state index is 13.6. The van der Waals surface area contributed by atoms with Crippen molar-refractivity contribution < 1.29 is 9.13 Å². The summed E-state index contributed by atoms with van der Waals surface area (Å²) in [5.41, 5.74) is 1.46. The van der Waals surface area contributed by atoms with Crippen LogP contribution in [0.5, 0.6) is 5.75 Å². The highest BCUT2D eigenvalue weighted by Gasteiger charge is 2.23. The molecule has 0 saturated heterocycles. The number of fused-ring (bicyclic) bond motifs is 1. The topological polar surface area (TPSA) is 21.3 Å². The zero-order valence-electron chi connectivity index (χ0n) is 10.5. The molecule has 1 atom stereocenters. The Morgan fingerprint density at radius 3 is 2.75 bits per heavy atom. The van der Waals surface area contributed by atoms with Gasteiger partial charge in [-0.15, -0.1) is 0 Å². The molecule has 0 aliphatic carbocycles. The van der Waals surface area contributed by atoms with Crippen LogP contribution in [0.2, 0.25) is 10.0 Å². The molecule has 1 aliphatic rings. The molecule has 0 spiro atoms. The van der Waals surface area contributed by atoms with Crippen LogP contribution in [0.1, 0.15) is 5.56 Å². The average Bonchev–Trinajstić information content (AvgIpc) is 2.81. The van der Waals surface area contributed by atoms with Crippen LogP contribution in [-0.4, -0.2) is 12.6 Å². The number of anilines is 1. The van der Waals surface area contributed by atoms with Crippen molar-refractivity contribution >= 4 is 28.9 Å². The lowest BCUT2D eigenvalue weighted by molar-refractivity contribution is 0.246. The molecule has 0 amide bonds. The molecular formula is C15H12Cl2FNO. The number of nitrogens with one attached hydrogen (secondary N) is 1. The fraction of sp³-hybridized carbons (Fsp3) is 0.200. The number of benzene rings is 2. The van der Waals surface area contributed by atoms with Gasteiger partial charge in [-0.3, -0.25) is 0 Å². The molecule has 3 rings (SSSR count). The van der Waals surface area contributed by atoms with E-state index in [1.54, 1.807) is 12.1 Å². The van der Waals surface area contributed by atoms with Gasteiger partial charge in [0.15, 0.2) is 0 Å². The van der Waals surface area contributed by atoms with Gasteiger partial charge in [0.1, 0.15) is 17.7 Å². The number of rotatable bonds is 3. The van der Waals surface area contributed by atoms with E-state index in [4.69, 9.17) is 27.9 Å². The summed E-state index contributed by atoms with van der Waals surface area (Å²) in [5.74, 6) is 0.515. The van der Waals surface area contributed by atoms with E-state index in [-0.39, 0.29) is 11.9 Å². The summed E-state index contributed by atoms with van der Waals surface area (Å²) in [7, 11) is 0. The maximum Gasteiger partial charge on any atom is 0.146 e. The molecule has 5 heteroatoms. The third kappa shape index (κ3) is 2.84. The first-order chi connectivity index (χ1) is 9.61. The Kier molecular flexibility index (Phi) is 3.72. The van der Waals surface area contributed by atoms with E-state index in [1.165, 1.54) is 12.1 Å². The van der Waals surface area contributed by atoms with Crippen LogP contribution >= 0.6 is 23.2 Å². The van der Waals surface area contributed by atoms with Gasteiger partial charge in [0.2, 0.25) is 0 Å². The molecule has 0 fully saturated rings. The van der Waals surface area contributed by atoms with Crippen molar-refractivity contribution in [2.45, 2.75) is 12.5 Å². The van der Waals surface area contributed by atoms with Gasteiger partial charge in [-0.1, -0.05) is 23.2 Å². The summed E-state index contributed by atoms with van der Waals surface area (Å²) < 4.78 is 19.4.